The second kappa shape index (κ2) is 6.58. The van der Waals surface area contributed by atoms with E-state index in [-0.39, 0.29) is 17.8 Å². The van der Waals surface area contributed by atoms with Crippen molar-refractivity contribution in [3.8, 4) is 0 Å². The third-order valence-electron chi connectivity index (χ3n) is 3.56. The van der Waals surface area contributed by atoms with Crippen LogP contribution in [0.15, 0.2) is 27.4 Å². The van der Waals surface area contributed by atoms with Gasteiger partial charge in [-0.1, -0.05) is 6.07 Å². The summed E-state index contributed by atoms with van der Waals surface area (Å²) < 4.78 is 11.4. The number of aromatic nitrogens is 1. The summed E-state index contributed by atoms with van der Waals surface area (Å²) in [5.41, 5.74) is 8.32. The van der Waals surface area contributed by atoms with Crippen molar-refractivity contribution < 1.29 is 13.9 Å². The monoisotopic (exact) mass is 292 g/mol. The minimum absolute atomic E-state index is 0.200. The maximum atomic E-state index is 11.6. The summed E-state index contributed by atoms with van der Waals surface area (Å²) in [5.74, 6) is -0.590. The van der Waals surface area contributed by atoms with E-state index in [0.29, 0.717) is 31.4 Å². The Morgan fingerprint density at radius 3 is 2.90 bits per heavy atom. The standard InChI is InChI=1S/C15H20N2O4/c1-3-17-12-8-7-10(9-13(12)21-15(17)19)11(16)5-4-6-14(18)20-2/h7-9,11H,3-6,16H2,1-2H3. The molecule has 0 amide bonds. The number of carbonyl (C=O) groups is 1. The number of hydrogen-bond acceptors (Lipinski definition) is 5. The molecule has 0 spiro atoms. The molecule has 1 unspecified atom stereocenters. The van der Waals surface area contributed by atoms with Crippen LogP contribution in [0.1, 0.15) is 37.8 Å². The Balaban J connectivity index is 2.11. The van der Waals surface area contributed by atoms with Gasteiger partial charge in [0, 0.05) is 19.0 Å². The van der Waals surface area contributed by atoms with E-state index in [0.717, 1.165) is 11.1 Å². The molecule has 0 saturated heterocycles. The van der Waals surface area contributed by atoms with Gasteiger partial charge in [-0.15, -0.1) is 0 Å². The van der Waals surface area contributed by atoms with E-state index in [1.165, 1.54) is 7.11 Å². The Kier molecular flexibility index (Phi) is 4.80. The van der Waals surface area contributed by atoms with Crippen LogP contribution >= 0.6 is 0 Å². The lowest BCUT2D eigenvalue weighted by Gasteiger charge is -2.11. The van der Waals surface area contributed by atoms with Crippen LogP contribution in [-0.4, -0.2) is 17.6 Å². The minimum atomic E-state index is -0.357. The summed E-state index contributed by atoms with van der Waals surface area (Å²) in [6, 6.07) is 5.34. The van der Waals surface area contributed by atoms with Crippen LogP contribution in [0.5, 0.6) is 0 Å². The number of rotatable bonds is 6. The van der Waals surface area contributed by atoms with Crippen LogP contribution in [0.2, 0.25) is 0 Å². The summed E-state index contributed by atoms with van der Waals surface area (Å²) in [6.45, 7) is 2.46. The molecule has 0 aliphatic rings. The van der Waals surface area contributed by atoms with Crippen molar-refractivity contribution in [1.29, 1.82) is 0 Å². The lowest BCUT2D eigenvalue weighted by atomic mass is 10.0. The zero-order valence-electron chi connectivity index (χ0n) is 12.3. The lowest BCUT2D eigenvalue weighted by molar-refractivity contribution is -0.140. The smallest absolute Gasteiger partial charge is 0.419 e. The Hall–Kier alpha value is -2.08. The number of nitrogens with zero attached hydrogens (tertiary/aromatic N) is 1. The van der Waals surface area contributed by atoms with Crippen molar-refractivity contribution in [1.82, 2.24) is 4.57 Å². The van der Waals surface area contributed by atoms with Gasteiger partial charge in [-0.2, -0.15) is 0 Å². The first kappa shape index (κ1) is 15.3. The number of ether oxygens (including phenoxy) is 1. The zero-order valence-corrected chi connectivity index (χ0v) is 12.3. The van der Waals surface area contributed by atoms with Gasteiger partial charge in [0.05, 0.1) is 12.6 Å². The van der Waals surface area contributed by atoms with Crippen LogP contribution < -0.4 is 11.5 Å². The van der Waals surface area contributed by atoms with Gasteiger partial charge >= 0.3 is 11.7 Å². The molecular formula is C15H20N2O4. The molecule has 6 nitrogen and oxygen atoms in total. The molecule has 1 aromatic carbocycles. The average Bonchev–Trinajstić information content (AvgIpc) is 2.80. The van der Waals surface area contributed by atoms with Gasteiger partial charge < -0.3 is 14.9 Å². The van der Waals surface area contributed by atoms with Crippen molar-refractivity contribution in [2.45, 2.75) is 38.8 Å². The second-order valence-electron chi connectivity index (χ2n) is 4.91. The summed E-state index contributed by atoms with van der Waals surface area (Å²) in [6.07, 6.45) is 1.68. The molecule has 1 atom stereocenters. The first-order valence-corrected chi connectivity index (χ1v) is 7.02. The molecule has 0 aliphatic carbocycles. The van der Waals surface area contributed by atoms with Crippen LogP contribution in [0.25, 0.3) is 11.1 Å². The summed E-state index contributed by atoms with van der Waals surface area (Å²) in [4.78, 5) is 22.7. The van der Waals surface area contributed by atoms with Gasteiger partial charge in [0.15, 0.2) is 5.58 Å². The molecular weight excluding hydrogens is 272 g/mol. The molecule has 1 heterocycles. The molecule has 2 aromatic rings. The first-order valence-electron chi connectivity index (χ1n) is 7.02. The van der Waals surface area contributed by atoms with E-state index < -0.39 is 0 Å². The average molecular weight is 292 g/mol. The topological polar surface area (TPSA) is 87.5 Å². The Bertz CT molecular complexity index is 687. The lowest BCUT2D eigenvalue weighted by Crippen LogP contribution is -2.12. The highest BCUT2D eigenvalue weighted by Crippen LogP contribution is 2.22. The van der Waals surface area contributed by atoms with Gasteiger partial charge in [-0.3, -0.25) is 9.36 Å². The first-order chi connectivity index (χ1) is 10.1. The molecule has 114 valence electrons. The van der Waals surface area contributed by atoms with Crippen LogP contribution in [0.3, 0.4) is 0 Å². The Morgan fingerprint density at radius 1 is 1.48 bits per heavy atom. The number of aryl methyl sites for hydroxylation is 1. The number of nitrogens with two attached hydrogens (primary N) is 1. The van der Waals surface area contributed by atoms with E-state index in [9.17, 15) is 9.59 Å². The SMILES string of the molecule is CCn1c(=O)oc2cc(C(N)CCCC(=O)OC)ccc21. The van der Waals surface area contributed by atoms with Crippen molar-refractivity contribution >= 4 is 17.1 Å². The summed E-state index contributed by atoms with van der Waals surface area (Å²) in [5, 5.41) is 0. The highest BCUT2D eigenvalue weighted by atomic mass is 16.5. The van der Waals surface area contributed by atoms with E-state index in [4.69, 9.17) is 10.2 Å². The van der Waals surface area contributed by atoms with Gasteiger partial charge in [0.25, 0.3) is 0 Å². The van der Waals surface area contributed by atoms with Crippen LogP contribution in [0, 0.1) is 0 Å². The number of fused-ring (bicyclic) bond motifs is 1. The number of benzene rings is 1. The molecule has 0 saturated carbocycles. The van der Waals surface area contributed by atoms with E-state index >= 15 is 0 Å². The molecule has 2 rings (SSSR count). The summed E-state index contributed by atoms with van der Waals surface area (Å²) >= 11 is 0. The van der Waals surface area contributed by atoms with Crippen LogP contribution in [0.4, 0.5) is 0 Å². The van der Waals surface area contributed by atoms with Gasteiger partial charge in [0.1, 0.15) is 0 Å². The molecule has 0 bridgehead atoms. The zero-order chi connectivity index (χ0) is 15.4. The largest absolute Gasteiger partial charge is 0.469 e. The minimum Gasteiger partial charge on any atom is -0.469 e. The number of esters is 1. The summed E-state index contributed by atoms with van der Waals surface area (Å²) in [7, 11) is 1.37. The number of methoxy groups -OCH3 is 1. The van der Waals surface area contributed by atoms with Crippen LogP contribution in [-0.2, 0) is 16.1 Å². The van der Waals surface area contributed by atoms with Crippen molar-refractivity contribution in [3.63, 3.8) is 0 Å². The Labute approximate surface area is 122 Å². The normalized spacial score (nSPS) is 12.5. The van der Waals surface area contributed by atoms with Crippen molar-refractivity contribution in [2.24, 2.45) is 5.73 Å². The maximum Gasteiger partial charge on any atom is 0.419 e. The molecule has 0 fully saturated rings. The number of oxazole rings is 1. The van der Waals surface area contributed by atoms with Gasteiger partial charge in [0.2, 0.25) is 0 Å². The van der Waals surface area contributed by atoms with Gasteiger partial charge in [-0.25, -0.2) is 4.79 Å². The molecule has 1 aromatic heterocycles. The third-order valence-corrected chi connectivity index (χ3v) is 3.56. The predicted molar refractivity (Wildman–Crippen MR) is 78.9 cm³/mol. The van der Waals surface area contributed by atoms with Gasteiger partial charge in [-0.05, 0) is 37.5 Å². The predicted octanol–water partition coefficient (Wildman–Crippen LogP) is 1.96. The maximum absolute atomic E-state index is 11.6. The Morgan fingerprint density at radius 2 is 2.24 bits per heavy atom. The fourth-order valence-corrected chi connectivity index (χ4v) is 2.35. The van der Waals surface area contributed by atoms with E-state index in [1.54, 1.807) is 10.6 Å². The number of hydrogen-bond donors (Lipinski definition) is 1. The van der Waals surface area contributed by atoms with Crippen molar-refractivity contribution in [2.75, 3.05) is 7.11 Å². The molecule has 0 radical (unpaired) electrons. The van der Waals surface area contributed by atoms with Crippen molar-refractivity contribution in [3.05, 3.63) is 34.3 Å². The molecule has 6 heteroatoms. The molecule has 2 N–H and O–H groups in total. The van der Waals surface area contributed by atoms with E-state index in [2.05, 4.69) is 4.74 Å². The fraction of sp³-hybridized carbons (Fsp3) is 0.467. The fourth-order valence-electron chi connectivity index (χ4n) is 2.35. The molecule has 21 heavy (non-hydrogen) atoms. The second-order valence-corrected chi connectivity index (χ2v) is 4.91. The highest BCUT2D eigenvalue weighted by Gasteiger charge is 2.12. The number of carbonyl (C=O) groups excluding carboxylic acids is 1. The van der Waals surface area contributed by atoms with E-state index in [1.807, 2.05) is 19.1 Å². The highest BCUT2D eigenvalue weighted by molar-refractivity contribution is 5.74. The quantitative estimate of drug-likeness (QED) is 0.822. The molecule has 0 aliphatic heterocycles. The third kappa shape index (κ3) is 3.33.